The van der Waals surface area contributed by atoms with Crippen LogP contribution in [0.2, 0.25) is 0 Å². The number of thiazole rings is 1. The zero-order valence-corrected chi connectivity index (χ0v) is 14.6. The van der Waals surface area contributed by atoms with Gasteiger partial charge in [0.05, 0.1) is 11.1 Å². The first-order valence-corrected chi connectivity index (χ1v) is 8.88. The molecule has 0 saturated heterocycles. The third-order valence-electron chi connectivity index (χ3n) is 4.01. The molecule has 1 aliphatic carbocycles. The molecule has 1 heterocycles. The fourth-order valence-electron chi connectivity index (χ4n) is 2.90. The maximum Gasteiger partial charge on any atom is 0.255 e. The molecule has 0 unspecified atom stereocenters. The van der Waals surface area contributed by atoms with Crippen LogP contribution in [0, 0.1) is 12.7 Å². The van der Waals surface area contributed by atoms with Crippen LogP contribution in [0.1, 0.15) is 46.7 Å². The van der Waals surface area contributed by atoms with Gasteiger partial charge in [-0.3, -0.25) is 4.79 Å². The van der Waals surface area contributed by atoms with E-state index in [4.69, 9.17) is 0 Å². The average Bonchev–Trinajstić information content (AvgIpc) is 3.11. The molecule has 3 nitrogen and oxygen atoms in total. The van der Waals surface area contributed by atoms with Crippen LogP contribution in [-0.2, 0) is 5.54 Å². The van der Waals surface area contributed by atoms with Crippen molar-refractivity contribution in [2.45, 2.75) is 38.1 Å². The number of amides is 1. The van der Waals surface area contributed by atoms with Crippen molar-refractivity contribution in [3.63, 3.8) is 0 Å². The van der Waals surface area contributed by atoms with E-state index in [-0.39, 0.29) is 11.5 Å². The van der Waals surface area contributed by atoms with Gasteiger partial charge in [0.1, 0.15) is 10.8 Å². The maximum absolute atomic E-state index is 13.9. The number of rotatable bonds is 3. The highest BCUT2D eigenvalue weighted by Crippen LogP contribution is 2.40. The number of hydrogen-bond donors (Lipinski definition) is 1. The van der Waals surface area contributed by atoms with E-state index in [9.17, 15) is 9.18 Å². The fourth-order valence-corrected chi connectivity index (χ4v) is 4.27. The molecule has 1 N–H and O–H groups in total. The van der Waals surface area contributed by atoms with Gasteiger partial charge in [0.25, 0.3) is 5.91 Å². The molecule has 1 saturated carbocycles. The minimum Gasteiger partial charge on any atom is -0.340 e. The van der Waals surface area contributed by atoms with Gasteiger partial charge in [-0.05, 0) is 38.0 Å². The van der Waals surface area contributed by atoms with Crippen molar-refractivity contribution < 1.29 is 9.18 Å². The van der Waals surface area contributed by atoms with Gasteiger partial charge in [-0.25, -0.2) is 9.37 Å². The highest BCUT2D eigenvalue weighted by atomic mass is 79.9. The van der Waals surface area contributed by atoms with Crippen molar-refractivity contribution in [1.29, 1.82) is 0 Å². The summed E-state index contributed by atoms with van der Waals surface area (Å²) in [5, 5.41) is 5.96. The molecule has 1 fully saturated rings. The molecule has 1 aliphatic rings. The van der Waals surface area contributed by atoms with Crippen molar-refractivity contribution in [2.24, 2.45) is 0 Å². The van der Waals surface area contributed by atoms with Crippen molar-refractivity contribution in [2.75, 3.05) is 0 Å². The molecular weight excluding hydrogens is 367 g/mol. The largest absolute Gasteiger partial charge is 0.340 e. The number of aromatic nitrogens is 1. The molecule has 0 aliphatic heterocycles. The minimum absolute atomic E-state index is 0.0638. The molecule has 1 amide bonds. The summed E-state index contributed by atoms with van der Waals surface area (Å²) < 4.78 is 14.6. The second-order valence-electron chi connectivity index (χ2n) is 5.66. The Morgan fingerprint density at radius 1 is 1.41 bits per heavy atom. The lowest BCUT2D eigenvalue weighted by Gasteiger charge is -2.28. The molecule has 22 heavy (non-hydrogen) atoms. The zero-order chi connectivity index (χ0) is 15.7. The second-order valence-corrected chi connectivity index (χ2v) is 7.44. The van der Waals surface area contributed by atoms with E-state index in [1.165, 1.54) is 12.1 Å². The van der Waals surface area contributed by atoms with Gasteiger partial charge in [0, 0.05) is 15.5 Å². The van der Waals surface area contributed by atoms with Gasteiger partial charge in [0.15, 0.2) is 0 Å². The summed E-state index contributed by atoms with van der Waals surface area (Å²) in [6, 6.07) is 4.40. The summed E-state index contributed by atoms with van der Waals surface area (Å²) in [5.41, 5.74) is 0.563. The Morgan fingerprint density at radius 3 is 2.77 bits per heavy atom. The molecule has 0 spiro atoms. The molecule has 6 heteroatoms. The van der Waals surface area contributed by atoms with Crippen LogP contribution in [0.5, 0.6) is 0 Å². The van der Waals surface area contributed by atoms with Gasteiger partial charge in [-0.15, -0.1) is 11.3 Å². The standard InChI is InChI=1S/C16H16BrFN2OS/c1-10-9-22-15(19-10)16(6-2-3-7-16)20-14(21)12-8-11(17)4-5-13(12)18/h4-5,8-9H,2-3,6-7H2,1H3,(H,20,21). The quantitative estimate of drug-likeness (QED) is 0.845. The lowest BCUT2D eigenvalue weighted by atomic mass is 9.97. The van der Waals surface area contributed by atoms with Crippen molar-refractivity contribution in [1.82, 2.24) is 10.3 Å². The molecule has 0 bridgehead atoms. The summed E-state index contributed by atoms with van der Waals surface area (Å²) in [5.74, 6) is -0.891. The Bertz CT molecular complexity index is 710. The normalized spacial score (nSPS) is 16.7. The summed E-state index contributed by atoms with van der Waals surface area (Å²) >= 11 is 4.84. The number of hydrogen-bond acceptors (Lipinski definition) is 3. The lowest BCUT2D eigenvalue weighted by molar-refractivity contribution is 0.0893. The predicted molar refractivity (Wildman–Crippen MR) is 88.6 cm³/mol. The van der Waals surface area contributed by atoms with Crippen molar-refractivity contribution in [3.8, 4) is 0 Å². The molecule has 2 aromatic rings. The number of nitrogens with one attached hydrogen (secondary N) is 1. The van der Waals surface area contributed by atoms with E-state index in [2.05, 4.69) is 26.2 Å². The van der Waals surface area contributed by atoms with E-state index < -0.39 is 11.4 Å². The summed E-state index contributed by atoms with van der Waals surface area (Å²) in [6.07, 6.45) is 3.78. The first-order valence-electron chi connectivity index (χ1n) is 7.20. The van der Waals surface area contributed by atoms with Crippen LogP contribution in [0.25, 0.3) is 0 Å². The Morgan fingerprint density at radius 2 is 2.14 bits per heavy atom. The van der Waals surface area contributed by atoms with Crippen LogP contribution in [0.3, 0.4) is 0 Å². The first-order chi connectivity index (χ1) is 10.5. The summed E-state index contributed by atoms with van der Waals surface area (Å²) in [4.78, 5) is 17.1. The third kappa shape index (κ3) is 2.94. The van der Waals surface area contributed by atoms with Gasteiger partial charge in [0.2, 0.25) is 0 Å². The maximum atomic E-state index is 13.9. The Kier molecular flexibility index (Phi) is 4.32. The van der Waals surface area contributed by atoms with Gasteiger partial charge >= 0.3 is 0 Å². The lowest BCUT2D eigenvalue weighted by Crippen LogP contribution is -2.44. The predicted octanol–water partition coefficient (Wildman–Crippen LogP) is 4.55. The van der Waals surface area contributed by atoms with E-state index in [0.29, 0.717) is 4.47 Å². The molecule has 0 atom stereocenters. The highest BCUT2D eigenvalue weighted by molar-refractivity contribution is 9.10. The van der Waals surface area contributed by atoms with Crippen LogP contribution in [-0.4, -0.2) is 10.9 Å². The van der Waals surface area contributed by atoms with E-state index in [1.54, 1.807) is 17.4 Å². The summed E-state index contributed by atoms with van der Waals surface area (Å²) in [7, 11) is 0. The molecule has 1 aromatic heterocycles. The van der Waals surface area contributed by atoms with Gasteiger partial charge < -0.3 is 5.32 Å². The van der Waals surface area contributed by atoms with E-state index in [0.717, 1.165) is 36.4 Å². The van der Waals surface area contributed by atoms with Crippen LogP contribution in [0.4, 0.5) is 4.39 Å². The Balaban J connectivity index is 1.91. The van der Waals surface area contributed by atoms with Crippen LogP contribution in [0.15, 0.2) is 28.1 Å². The number of halogens is 2. The zero-order valence-electron chi connectivity index (χ0n) is 12.2. The smallest absolute Gasteiger partial charge is 0.255 e. The number of benzene rings is 1. The van der Waals surface area contributed by atoms with Crippen molar-refractivity contribution >= 4 is 33.2 Å². The second kappa shape index (κ2) is 6.08. The van der Waals surface area contributed by atoms with Gasteiger partial charge in [-0.1, -0.05) is 28.8 Å². The fraction of sp³-hybridized carbons (Fsp3) is 0.375. The monoisotopic (exact) mass is 382 g/mol. The molecule has 116 valence electrons. The van der Waals surface area contributed by atoms with Crippen LogP contribution >= 0.6 is 27.3 Å². The molecule has 0 radical (unpaired) electrons. The van der Waals surface area contributed by atoms with Gasteiger partial charge in [-0.2, -0.15) is 0 Å². The van der Waals surface area contributed by atoms with Crippen molar-refractivity contribution in [3.05, 3.63) is 50.1 Å². The molecule has 1 aromatic carbocycles. The summed E-state index contributed by atoms with van der Waals surface area (Å²) in [6.45, 7) is 1.94. The SMILES string of the molecule is Cc1csc(C2(NC(=O)c3cc(Br)ccc3F)CCCC2)n1. The van der Waals surface area contributed by atoms with Crippen LogP contribution < -0.4 is 5.32 Å². The van der Waals surface area contributed by atoms with E-state index in [1.807, 2.05) is 12.3 Å². The number of carbonyl (C=O) groups is 1. The minimum atomic E-state index is -0.510. The molecular formula is C16H16BrFN2OS. The Labute approximate surface area is 141 Å². The average molecular weight is 383 g/mol. The highest BCUT2D eigenvalue weighted by Gasteiger charge is 2.40. The first kappa shape index (κ1) is 15.6. The third-order valence-corrected chi connectivity index (χ3v) is 5.67. The number of carbonyl (C=O) groups excluding carboxylic acids is 1. The van der Waals surface area contributed by atoms with E-state index >= 15 is 0 Å². The molecule has 3 rings (SSSR count). The number of aryl methyl sites for hydroxylation is 1. The number of nitrogens with zero attached hydrogens (tertiary/aromatic N) is 1. The Hall–Kier alpha value is -1.27. The topological polar surface area (TPSA) is 42.0 Å².